The van der Waals surface area contributed by atoms with Crippen molar-refractivity contribution in [3.8, 4) is 5.75 Å². The highest BCUT2D eigenvalue weighted by molar-refractivity contribution is 7.91. The predicted molar refractivity (Wildman–Crippen MR) is 118 cm³/mol. The summed E-state index contributed by atoms with van der Waals surface area (Å²) in [5.74, 6) is -1.62. The van der Waals surface area contributed by atoms with Gasteiger partial charge in [-0.15, -0.1) is 0 Å². The molecule has 1 aliphatic heterocycles. The van der Waals surface area contributed by atoms with Gasteiger partial charge in [0.1, 0.15) is 0 Å². The van der Waals surface area contributed by atoms with Gasteiger partial charge in [-0.3, -0.25) is 14.9 Å². The smallest absolute Gasteiger partial charge is 0.230 e. The second-order valence-corrected chi connectivity index (χ2v) is 11.6. The lowest BCUT2D eigenvalue weighted by atomic mass is 9.98. The third kappa shape index (κ3) is 8.44. The molecule has 2 rings (SSSR count). The number of amides is 2. The maximum atomic E-state index is 14.0. The number of allylic oxidation sites excluding steroid dienone is 2. The summed E-state index contributed by atoms with van der Waals surface area (Å²) in [5.41, 5.74) is 0.587. The van der Waals surface area contributed by atoms with Crippen molar-refractivity contribution in [3.63, 3.8) is 0 Å². The standard InChI is InChI=1S/C23H32FNO5S/c1-16(17-9-10-19(24)20(12-17)30-15-23(2,3)4)14-31(28,29)11-7-5-6-8-18-13-21(26)25-22(18)27/h5-6,9-10,12,16,18H,7-8,11,13-15H2,1-4H3,(H,25,26,27)/b6-5+/t16-,18?/m0/s1. The first-order valence-electron chi connectivity index (χ1n) is 10.5. The van der Waals surface area contributed by atoms with Gasteiger partial charge in [-0.25, -0.2) is 12.8 Å². The number of carbonyl (C=O) groups is 2. The van der Waals surface area contributed by atoms with Gasteiger partial charge in [-0.05, 0) is 41.9 Å². The minimum absolute atomic E-state index is 0.0157. The summed E-state index contributed by atoms with van der Waals surface area (Å²) in [7, 11) is -3.33. The van der Waals surface area contributed by atoms with E-state index in [1.165, 1.54) is 6.07 Å². The number of sulfone groups is 1. The van der Waals surface area contributed by atoms with Crippen molar-refractivity contribution in [3.05, 3.63) is 41.7 Å². The zero-order valence-electron chi connectivity index (χ0n) is 18.6. The molecule has 0 bridgehead atoms. The highest BCUT2D eigenvalue weighted by Gasteiger charge is 2.29. The Morgan fingerprint density at radius 1 is 1.26 bits per heavy atom. The van der Waals surface area contributed by atoms with E-state index in [2.05, 4.69) is 5.32 Å². The number of imide groups is 1. The molecular formula is C23H32FNO5S. The van der Waals surface area contributed by atoms with Crippen LogP contribution in [0.25, 0.3) is 0 Å². The fourth-order valence-electron chi connectivity index (χ4n) is 3.22. The molecule has 1 aromatic carbocycles. The molecule has 8 heteroatoms. The SMILES string of the molecule is C[C@@H](CS(=O)(=O)CC/C=C/CC1CC(=O)NC1=O)c1ccc(F)c(OCC(C)(C)C)c1. The van der Waals surface area contributed by atoms with Crippen molar-refractivity contribution in [2.75, 3.05) is 18.1 Å². The van der Waals surface area contributed by atoms with E-state index in [1.54, 1.807) is 31.2 Å². The van der Waals surface area contributed by atoms with Crippen LogP contribution in [-0.4, -0.2) is 38.3 Å². The Labute approximate surface area is 184 Å². The summed E-state index contributed by atoms with van der Waals surface area (Å²) < 4.78 is 44.6. The van der Waals surface area contributed by atoms with Crippen LogP contribution in [0.5, 0.6) is 5.75 Å². The molecule has 1 aliphatic rings. The Bertz CT molecular complexity index is 934. The average molecular weight is 454 g/mol. The molecule has 0 radical (unpaired) electrons. The van der Waals surface area contributed by atoms with Crippen LogP contribution in [0, 0.1) is 17.2 Å². The highest BCUT2D eigenvalue weighted by Crippen LogP contribution is 2.27. The van der Waals surface area contributed by atoms with Crippen molar-refractivity contribution in [1.82, 2.24) is 5.32 Å². The zero-order chi connectivity index (χ0) is 23.2. The van der Waals surface area contributed by atoms with Crippen molar-refractivity contribution >= 4 is 21.7 Å². The number of ether oxygens (including phenoxy) is 1. The summed E-state index contributed by atoms with van der Waals surface area (Å²) in [5, 5.41) is 2.25. The minimum atomic E-state index is -3.33. The van der Waals surface area contributed by atoms with Crippen LogP contribution in [0.15, 0.2) is 30.4 Å². The molecule has 0 aromatic heterocycles. The van der Waals surface area contributed by atoms with E-state index in [9.17, 15) is 22.4 Å². The lowest BCUT2D eigenvalue weighted by molar-refractivity contribution is -0.125. The van der Waals surface area contributed by atoms with Crippen LogP contribution >= 0.6 is 0 Å². The maximum Gasteiger partial charge on any atom is 0.230 e. The van der Waals surface area contributed by atoms with Gasteiger partial charge < -0.3 is 4.74 Å². The minimum Gasteiger partial charge on any atom is -0.490 e. The average Bonchev–Trinajstić information content (AvgIpc) is 2.96. The maximum absolute atomic E-state index is 14.0. The largest absolute Gasteiger partial charge is 0.490 e. The number of nitrogens with one attached hydrogen (secondary N) is 1. The van der Waals surface area contributed by atoms with Crippen molar-refractivity contribution in [1.29, 1.82) is 0 Å². The molecule has 1 aromatic rings. The van der Waals surface area contributed by atoms with E-state index in [1.807, 2.05) is 20.8 Å². The predicted octanol–water partition coefficient (Wildman–Crippen LogP) is 3.77. The molecule has 31 heavy (non-hydrogen) atoms. The summed E-state index contributed by atoms with van der Waals surface area (Å²) in [6.07, 6.45) is 4.41. The van der Waals surface area contributed by atoms with Crippen molar-refractivity contribution in [2.45, 2.75) is 52.9 Å². The van der Waals surface area contributed by atoms with E-state index in [-0.39, 0.29) is 52.7 Å². The number of halogens is 1. The van der Waals surface area contributed by atoms with E-state index < -0.39 is 15.7 Å². The lowest BCUT2D eigenvalue weighted by Crippen LogP contribution is -2.21. The van der Waals surface area contributed by atoms with Crippen molar-refractivity contribution in [2.24, 2.45) is 11.3 Å². The Morgan fingerprint density at radius 2 is 1.97 bits per heavy atom. The molecule has 1 fully saturated rings. The Kier molecular flexibility index (Phi) is 8.40. The number of carbonyl (C=O) groups excluding carboxylic acids is 2. The topological polar surface area (TPSA) is 89.5 Å². The quantitative estimate of drug-likeness (QED) is 0.430. The third-order valence-corrected chi connectivity index (χ3v) is 6.80. The molecule has 1 unspecified atom stereocenters. The first-order chi connectivity index (χ1) is 14.4. The molecule has 1 N–H and O–H groups in total. The summed E-state index contributed by atoms with van der Waals surface area (Å²) in [4.78, 5) is 22.7. The van der Waals surface area contributed by atoms with Gasteiger partial charge >= 0.3 is 0 Å². The normalized spacial score (nSPS) is 18.4. The van der Waals surface area contributed by atoms with E-state index in [0.717, 1.165) is 0 Å². The van der Waals surface area contributed by atoms with Crippen LogP contribution in [0.1, 0.15) is 58.4 Å². The molecule has 2 atom stereocenters. The molecule has 0 spiro atoms. The number of hydrogen-bond donors (Lipinski definition) is 1. The van der Waals surface area contributed by atoms with Gasteiger partial charge in [-0.1, -0.05) is 45.9 Å². The van der Waals surface area contributed by atoms with E-state index >= 15 is 0 Å². The fourth-order valence-corrected chi connectivity index (χ4v) is 4.83. The zero-order valence-corrected chi connectivity index (χ0v) is 19.4. The second kappa shape index (κ2) is 10.4. The monoisotopic (exact) mass is 453 g/mol. The van der Waals surface area contributed by atoms with Gasteiger partial charge in [0.2, 0.25) is 11.8 Å². The summed E-state index contributed by atoms with van der Waals surface area (Å²) in [6.45, 7) is 8.11. The van der Waals surface area contributed by atoms with Crippen LogP contribution < -0.4 is 10.1 Å². The molecule has 2 amide bonds. The van der Waals surface area contributed by atoms with Gasteiger partial charge in [0.15, 0.2) is 21.4 Å². The van der Waals surface area contributed by atoms with Gasteiger partial charge in [-0.2, -0.15) is 0 Å². The first kappa shape index (κ1) is 25.0. The van der Waals surface area contributed by atoms with Crippen molar-refractivity contribution < 1.29 is 27.1 Å². The molecule has 1 heterocycles. The van der Waals surface area contributed by atoms with E-state index in [0.29, 0.717) is 25.0 Å². The molecule has 172 valence electrons. The van der Waals surface area contributed by atoms with Crippen LogP contribution in [0.2, 0.25) is 0 Å². The van der Waals surface area contributed by atoms with E-state index in [4.69, 9.17) is 4.74 Å². The van der Waals surface area contributed by atoms with Gasteiger partial charge in [0, 0.05) is 6.42 Å². The van der Waals surface area contributed by atoms with Crippen LogP contribution in [0.3, 0.4) is 0 Å². The van der Waals surface area contributed by atoms with Gasteiger partial charge in [0.05, 0.1) is 24.0 Å². The summed E-state index contributed by atoms with van der Waals surface area (Å²) >= 11 is 0. The number of benzene rings is 1. The first-order valence-corrected chi connectivity index (χ1v) is 12.3. The molecule has 1 saturated heterocycles. The molecule has 0 aliphatic carbocycles. The Balaban J connectivity index is 1.87. The second-order valence-electron chi connectivity index (χ2n) is 9.36. The summed E-state index contributed by atoms with van der Waals surface area (Å²) in [6, 6.07) is 4.48. The molecule has 0 saturated carbocycles. The number of rotatable bonds is 10. The Morgan fingerprint density at radius 3 is 2.58 bits per heavy atom. The van der Waals surface area contributed by atoms with Crippen LogP contribution in [0.4, 0.5) is 4.39 Å². The number of hydrogen-bond acceptors (Lipinski definition) is 5. The highest BCUT2D eigenvalue weighted by atomic mass is 32.2. The molecular weight excluding hydrogens is 421 g/mol. The van der Waals surface area contributed by atoms with Gasteiger partial charge in [0.25, 0.3) is 0 Å². The van der Waals surface area contributed by atoms with Crippen LogP contribution in [-0.2, 0) is 19.4 Å². The lowest BCUT2D eigenvalue weighted by Gasteiger charge is -2.20. The molecule has 6 nitrogen and oxygen atoms in total. The third-order valence-electron chi connectivity index (χ3n) is 4.94. The fraction of sp³-hybridized carbons (Fsp3) is 0.565. The Hall–Kier alpha value is -2.22.